The molecule has 0 atom stereocenters. The average molecular weight is 256 g/mol. The van der Waals surface area contributed by atoms with Crippen LogP contribution in [0.3, 0.4) is 0 Å². The quantitative estimate of drug-likeness (QED) is 0.742. The number of nitrogens with one attached hydrogen (secondary N) is 1. The summed E-state index contributed by atoms with van der Waals surface area (Å²) in [4.78, 5) is 0. The van der Waals surface area contributed by atoms with Crippen LogP contribution in [-0.4, -0.2) is 38.6 Å². The van der Waals surface area contributed by atoms with Crippen molar-refractivity contribution in [3.05, 3.63) is 35.9 Å². The molecule has 1 rings (SSSR count). The lowest BCUT2D eigenvalue weighted by atomic mass is 10.2. The van der Waals surface area contributed by atoms with Crippen LogP contribution in [0.15, 0.2) is 30.3 Å². The zero-order valence-corrected chi connectivity index (χ0v) is 11.2. The van der Waals surface area contributed by atoms with Crippen LogP contribution in [0.5, 0.6) is 0 Å². The Kier molecular flexibility index (Phi) is 5.61. The highest BCUT2D eigenvalue weighted by molar-refractivity contribution is 7.89. The summed E-state index contributed by atoms with van der Waals surface area (Å²) in [5.41, 5.74) is 1.00. The lowest BCUT2D eigenvalue weighted by Crippen LogP contribution is -2.33. The Balaban J connectivity index is 2.54. The number of rotatable bonds is 7. The van der Waals surface area contributed by atoms with Crippen molar-refractivity contribution in [2.75, 3.05) is 25.9 Å². The van der Waals surface area contributed by atoms with E-state index in [4.69, 9.17) is 0 Å². The van der Waals surface area contributed by atoms with Crippen molar-refractivity contribution in [2.45, 2.75) is 13.5 Å². The maximum atomic E-state index is 11.9. The lowest BCUT2D eigenvalue weighted by Gasteiger charge is -2.17. The van der Waals surface area contributed by atoms with Gasteiger partial charge >= 0.3 is 0 Å². The van der Waals surface area contributed by atoms with Gasteiger partial charge in [0.05, 0.1) is 5.75 Å². The summed E-state index contributed by atoms with van der Waals surface area (Å²) in [5.74, 6) is 0.143. The van der Waals surface area contributed by atoms with Crippen molar-refractivity contribution < 1.29 is 8.42 Å². The van der Waals surface area contributed by atoms with Gasteiger partial charge in [-0.1, -0.05) is 37.3 Å². The number of benzene rings is 1. The van der Waals surface area contributed by atoms with E-state index in [1.807, 2.05) is 37.3 Å². The minimum absolute atomic E-state index is 0.143. The molecule has 5 heteroatoms. The van der Waals surface area contributed by atoms with Gasteiger partial charge in [0.2, 0.25) is 10.0 Å². The predicted octanol–water partition coefficient (Wildman–Crippen LogP) is 1.06. The molecule has 0 bridgehead atoms. The summed E-state index contributed by atoms with van der Waals surface area (Å²) in [7, 11) is -1.54. The van der Waals surface area contributed by atoms with E-state index < -0.39 is 10.0 Å². The van der Waals surface area contributed by atoms with E-state index >= 15 is 0 Å². The smallest absolute Gasteiger partial charge is 0.215 e. The second-order valence-electron chi connectivity index (χ2n) is 3.91. The van der Waals surface area contributed by atoms with Crippen molar-refractivity contribution in [3.8, 4) is 0 Å². The van der Waals surface area contributed by atoms with Crippen LogP contribution in [0.25, 0.3) is 0 Å². The first kappa shape index (κ1) is 14.2. The first-order valence-corrected chi connectivity index (χ1v) is 7.36. The molecule has 0 saturated carbocycles. The van der Waals surface area contributed by atoms with Gasteiger partial charge in [-0.2, -0.15) is 0 Å². The van der Waals surface area contributed by atoms with Crippen LogP contribution in [-0.2, 0) is 16.6 Å². The highest BCUT2D eigenvalue weighted by atomic mass is 32.2. The van der Waals surface area contributed by atoms with Gasteiger partial charge in [0.1, 0.15) is 0 Å². The molecule has 0 fully saturated rings. The molecule has 0 aliphatic heterocycles. The van der Waals surface area contributed by atoms with Crippen LogP contribution < -0.4 is 5.32 Å². The zero-order chi connectivity index (χ0) is 12.7. The molecule has 0 amide bonds. The van der Waals surface area contributed by atoms with E-state index in [-0.39, 0.29) is 5.75 Å². The summed E-state index contributed by atoms with van der Waals surface area (Å²) >= 11 is 0. The molecule has 0 spiro atoms. The highest BCUT2D eigenvalue weighted by Crippen LogP contribution is 2.06. The van der Waals surface area contributed by atoms with Gasteiger partial charge in [0, 0.05) is 20.1 Å². The topological polar surface area (TPSA) is 49.4 Å². The minimum Gasteiger partial charge on any atom is -0.316 e. The molecule has 1 N–H and O–H groups in total. The van der Waals surface area contributed by atoms with Gasteiger partial charge in [-0.15, -0.1) is 0 Å². The van der Waals surface area contributed by atoms with Gasteiger partial charge < -0.3 is 5.32 Å². The molecule has 0 aliphatic carbocycles. The number of sulfonamides is 1. The van der Waals surface area contributed by atoms with Crippen LogP contribution >= 0.6 is 0 Å². The zero-order valence-electron chi connectivity index (χ0n) is 10.4. The molecule has 0 aliphatic rings. The standard InChI is InChI=1S/C12H20N2O2S/c1-3-13-9-10-17(15,16)14(2)11-12-7-5-4-6-8-12/h4-8,13H,3,9-11H2,1-2H3. The molecular weight excluding hydrogens is 236 g/mol. The fraction of sp³-hybridized carbons (Fsp3) is 0.500. The SMILES string of the molecule is CCNCCS(=O)(=O)N(C)Cc1ccccc1. The first-order valence-electron chi connectivity index (χ1n) is 5.75. The Labute approximate surface area is 104 Å². The Morgan fingerprint density at radius 3 is 2.47 bits per heavy atom. The third kappa shape index (κ3) is 4.85. The number of hydrogen-bond donors (Lipinski definition) is 1. The van der Waals surface area contributed by atoms with Gasteiger partial charge in [-0.05, 0) is 12.1 Å². The number of nitrogens with zero attached hydrogens (tertiary/aromatic N) is 1. The molecule has 1 aromatic rings. The maximum absolute atomic E-state index is 11.9. The molecule has 4 nitrogen and oxygen atoms in total. The van der Waals surface area contributed by atoms with Gasteiger partial charge in [0.25, 0.3) is 0 Å². The van der Waals surface area contributed by atoms with E-state index in [9.17, 15) is 8.42 Å². The lowest BCUT2D eigenvalue weighted by molar-refractivity contribution is 0.465. The molecule has 96 valence electrons. The van der Waals surface area contributed by atoms with Crippen molar-refractivity contribution in [2.24, 2.45) is 0 Å². The largest absolute Gasteiger partial charge is 0.316 e. The van der Waals surface area contributed by atoms with Gasteiger partial charge in [0.15, 0.2) is 0 Å². The van der Waals surface area contributed by atoms with Gasteiger partial charge in [-0.25, -0.2) is 12.7 Å². The van der Waals surface area contributed by atoms with Crippen molar-refractivity contribution in [1.82, 2.24) is 9.62 Å². The van der Waals surface area contributed by atoms with E-state index in [2.05, 4.69) is 5.32 Å². The fourth-order valence-corrected chi connectivity index (χ4v) is 2.53. The molecule has 0 aromatic heterocycles. The summed E-state index contributed by atoms with van der Waals surface area (Å²) in [6.45, 7) is 3.67. The molecule has 17 heavy (non-hydrogen) atoms. The third-order valence-corrected chi connectivity index (χ3v) is 4.31. The van der Waals surface area contributed by atoms with Crippen molar-refractivity contribution >= 4 is 10.0 Å². The second kappa shape index (κ2) is 6.74. The fourth-order valence-electron chi connectivity index (χ4n) is 1.47. The number of hydrogen-bond acceptors (Lipinski definition) is 3. The van der Waals surface area contributed by atoms with E-state index in [0.29, 0.717) is 13.1 Å². The van der Waals surface area contributed by atoms with Gasteiger partial charge in [-0.3, -0.25) is 0 Å². The Hall–Kier alpha value is -0.910. The third-order valence-electron chi connectivity index (χ3n) is 2.51. The minimum atomic E-state index is -3.16. The van der Waals surface area contributed by atoms with Crippen molar-refractivity contribution in [3.63, 3.8) is 0 Å². The van der Waals surface area contributed by atoms with Crippen LogP contribution in [0.1, 0.15) is 12.5 Å². The monoisotopic (exact) mass is 256 g/mol. The Bertz CT molecular complexity index is 417. The maximum Gasteiger partial charge on any atom is 0.215 e. The average Bonchev–Trinajstić information content (AvgIpc) is 2.30. The molecule has 1 aromatic carbocycles. The molecule has 0 heterocycles. The van der Waals surface area contributed by atoms with E-state index in [1.54, 1.807) is 7.05 Å². The van der Waals surface area contributed by atoms with E-state index in [0.717, 1.165) is 12.1 Å². The summed E-state index contributed by atoms with van der Waals surface area (Å²) in [6, 6.07) is 9.60. The predicted molar refractivity (Wildman–Crippen MR) is 70.2 cm³/mol. The first-order chi connectivity index (χ1) is 8.06. The van der Waals surface area contributed by atoms with Crippen molar-refractivity contribution in [1.29, 1.82) is 0 Å². The van der Waals surface area contributed by atoms with Crippen LogP contribution in [0.2, 0.25) is 0 Å². The normalized spacial score (nSPS) is 11.9. The Morgan fingerprint density at radius 1 is 1.24 bits per heavy atom. The second-order valence-corrected chi connectivity index (χ2v) is 6.11. The molecule has 0 unspecified atom stereocenters. The summed E-state index contributed by atoms with van der Waals surface area (Å²) in [6.07, 6.45) is 0. The Morgan fingerprint density at radius 2 is 1.88 bits per heavy atom. The highest BCUT2D eigenvalue weighted by Gasteiger charge is 2.16. The molecular formula is C12H20N2O2S. The van der Waals surface area contributed by atoms with Crippen LogP contribution in [0.4, 0.5) is 0 Å². The van der Waals surface area contributed by atoms with Crippen LogP contribution in [0, 0.1) is 0 Å². The summed E-state index contributed by atoms with van der Waals surface area (Å²) in [5, 5.41) is 3.02. The summed E-state index contributed by atoms with van der Waals surface area (Å²) < 4.78 is 25.2. The molecule has 0 saturated heterocycles. The molecule has 0 radical (unpaired) electrons. The van der Waals surface area contributed by atoms with E-state index in [1.165, 1.54) is 4.31 Å².